The Morgan fingerprint density at radius 1 is 1.00 bits per heavy atom. The minimum absolute atomic E-state index is 0.0781. The van der Waals surface area contributed by atoms with Crippen molar-refractivity contribution in [1.29, 1.82) is 5.26 Å². The third-order valence-electron chi connectivity index (χ3n) is 5.24. The third-order valence-corrected chi connectivity index (χ3v) is 7.05. The van der Waals surface area contributed by atoms with Crippen LogP contribution in [0.15, 0.2) is 0 Å². The first-order valence-electron chi connectivity index (χ1n) is 10.0. The summed E-state index contributed by atoms with van der Waals surface area (Å²) in [6, 6.07) is 2.12. The monoisotopic (exact) mass is 414 g/mol. The lowest BCUT2D eigenvalue weighted by Gasteiger charge is -2.39. The van der Waals surface area contributed by atoms with Crippen molar-refractivity contribution in [3.8, 4) is 6.07 Å². The molecule has 2 rings (SSSR count). The molecule has 9 nitrogen and oxygen atoms in total. The van der Waals surface area contributed by atoms with Crippen molar-refractivity contribution in [2.45, 2.75) is 39.8 Å². The van der Waals surface area contributed by atoms with E-state index in [-0.39, 0.29) is 23.9 Å². The average molecular weight is 415 g/mol. The lowest BCUT2D eigenvalue weighted by atomic mass is 10.0. The molecule has 1 N–H and O–H groups in total. The van der Waals surface area contributed by atoms with Gasteiger partial charge in [-0.2, -0.15) is 22.7 Å². The van der Waals surface area contributed by atoms with Crippen LogP contribution < -0.4 is 4.72 Å². The van der Waals surface area contributed by atoms with Crippen LogP contribution >= 0.6 is 0 Å². The Morgan fingerprint density at radius 2 is 1.57 bits per heavy atom. The number of piperazine rings is 2. The molecule has 2 heterocycles. The summed E-state index contributed by atoms with van der Waals surface area (Å²) in [4.78, 5) is 18.7. The topological polar surface area (TPSA) is 100.0 Å². The maximum Gasteiger partial charge on any atom is 0.279 e. The highest BCUT2D eigenvalue weighted by atomic mass is 32.2. The number of carbonyl (C=O) groups excluding carboxylic acids is 1. The Balaban J connectivity index is 1.77. The summed E-state index contributed by atoms with van der Waals surface area (Å²) < 4.78 is 28.5. The number of nitrogens with zero attached hydrogens (tertiary/aromatic N) is 5. The smallest absolute Gasteiger partial charge is 0.279 e. The van der Waals surface area contributed by atoms with Gasteiger partial charge in [0.25, 0.3) is 10.2 Å². The minimum atomic E-state index is -3.45. The molecule has 0 aromatic heterocycles. The summed E-state index contributed by atoms with van der Waals surface area (Å²) in [5.41, 5.74) is 0. The lowest BCUT2D eigenvalue weighted by molar-refractivity contribution is -0.134. The van der Waals surface area contributed by atoms with Gasteiger partial charge < -0.3 is 4.90 Å². The maximum absolute atomic E-state index is 12.6. The molecule has 0 saturated carbocycles. The molecule has 0 radical (unpaired) electrons. The molecule has 0 bridgehead atoms. The van der Waals surface area contributed by atoms with Crippen LogP contribution in [-0.2, 0) is 15.0 Å². The van der Waals surface area contributed by atoms with Crippen LogP contribution in [0, 0.1) is 17.2 Å². The van der Waals surface area contributed by atoms with E-state index in [0.29, 0.717) is 45.8 Å². The first-order chi connectivity index (χ1) is 13.1. The molecule has 0 aliphatic carbocycles. The zero-order valence-electron chi connectivity index (χ0n) is 17.5. The molecule has 0 spiro atoms. The van der Waals surface area contributed by atoms with Gasteiger partial charge in [-0.1, -0.05) is 13.8 Å². The van der Waals surface area contributed by atoms with Crippen LogP contribution in [0.2, 0.25) is 0 Å². The number of carbonyl (C=O) groups is 1. The van der Waals surface area contributed by atoms with Gasteiger partial charge in [0.15, 0.2) is 0 Å². The molecule has 28 heavy (non-hydrogen) atoms. The van der Waals surface area contributed by atoms with Gasteiger partial charge in [-0.15, -0.1) is 0 Å². The van der Waals surface area contributed by atoms with E-state index >= 15 is 0 Å². The quantitative estimate of drug-likeness (QED) is 0.605. The summed E-state index contributed by atoms with van der Waals surface area (Å²) in [5, 5.41) is 9.34. The molecule has 0 aromatic rings. The summed E-state index contributed by atoms with van der Waals surface area (Å²) in [5.74, 6) is 0.347. The summed E-state index contributed by atoms with van der Waals surface area (Å²) in [7, 11) is -3.45. The first-order valence-corrected chi connectivity index (χ1v) is 11.5. The average Bonchev–Trinajstić information content (AvgIpc) is 2.62. The van der Waals surface area contributed by atoms with E-state index in [1.165, 1.54) is 4.31 Å². The molecule has 1 unspecified atom stereocenters. The molecule has 2 saturated heterocycles. The Labute approximate surface area is 169 Å². The van der Waals surface area contributed by atoms with Gasteiger partial charge in [-0.25, -0.2) is 0 Å². The van der Waals surface area contributed by atoms with E-state index in [2.05, 4.69) is 15.7 Å². The minimum Gasteiger partial charge on any atom is -0.339 e. The molecule has 160 valence electrons. The number of nitrogens with one attached hydrogen (secondary N) is 1. The van der Waals surface area contributed by atoms with Crippen LogP contribution in [0.5, 0.6) is 0 Å². The van der Waals surface area contributed by atoms with Gasteiger partial charge in [0.1, 0.15) is 6.04 Å². The van der Waals surface area contributed by atoms with Crippen molar-refractivity contribution in [3.05, 3.63) is 0 Å². The van der Waals surface area contributed by atoms with Crippen LogP contribution in [0.25, 0.3) is 0 Å². The number of amides is 1. The molecule has 1 atom stereocenters. The maximum atomic E-state index is 12.6. The predicted molar refractivity (Wildman–Crippen MR) is 108 cm³/mol. The fourth-order valence-corrected chi connectivity index (χ4v) is 5.08. The van der Waals surface area contributed by atoms with Crippen LogP contribution in [0.1, 0.15) is 27.7 Å². The second kappa shape index (κ2) is 9.98. The van der Waals surface area contributed by atoms with Crippen LogP contribution in [0.3, 0.4) is 0 Å². The van der Waals surface area contributed by atoms with E-state index in [0.717, 1.165) is 13.1 Å². The zero-order chi connectivity index (χ0) is 20.9. The lowest BCUT2D eigenvalue weighted by Crippen LogP contribution is -2.57. The fourth-order valence-electron chi connectivity index (χ4n) is 3.69. The highest BCUT2D eigenvalue weighted by Crippen LogP contribution is 2.14. The van der Waals surface area contributed by atoms with Crippen molar-refractivity contribution in [1.82, 2.24) is 23.7 Å². The molecule has 2 fully saturated rings. The Kier molecular flexibility index (Phi) is 8.21. The standard InChI is InChI=1S/C18H34N6O3S/c1-15(2)17(13-19)22-7-9-23(10-8-22)18(25)14-21-5-11-24(12-6-21)28(26,27)20-16(3)4/h15-17,20H,5-12,14H2,1-4H3. The Morgan fingerprint density at radius 3 is 2.04 bits per heavy atom. The zero-order valence-corrected chi connectivity index (χ0v) is 18.3. The van der Waals surface area contributed by atoms with Crippen molar-refractivity contribution in [2.24, 2.45) is 5.92 Å². The van der Waals surface area contributed by atoms with E-state index < -0.39 is 10.2 Å². The van der Waals surface area contributed by atoms with Gasteiger partial charge in [-0.3, -0.25) is 14.6 Å². The van der Waals surface area contributed by atoms with Gasteiger partial charge in [0.2, 0.25) is 5.91 Å². The molecular weight excluding hydrogens is 380 g/mol. The second-order valence-electron chi connectivity index (χ2n) is 8.19. The van der Waals surface area contributed by atoms with Gasteiger partial charge in [-0.05, 0) is 19.8 Å². The normalized spacial score (nSPS) is 21.8. The number of nitriles is 1. The number of rotatable bonds is 7. The van der Waals surface area contributed by atoms with Crippen LogP contribution in [-0.4, -0.2) is 104 Å². The SMILES string of the molecule is CC(C)NS(=O)(=O)N1CCN(CC(=O)N2CCN(C(C#N)C(C)C)CC2)CC1. The highest BCUT2D eigenvalue weighted by Gasteiger charge is 2.31. The van der Waals surface area contributed by atoms with E-state index in [9.17, 15) is 18.5 Å². The highest BCUT2D eigenvalue weighted by molar-refractivity contribution is 7.87. The van der Waals surface area contributed by atoms with Gasteiger partial charge in [0, 0.05) is 58.4 Å². The number of hydrogen-bond acceptors (Lipinski definition) is 6. The molecule has 1 amide bonds. The summed E-state index contributed by atoms with van der Waals surface area (Å²) in [6.45, 7) is 12.6. The molecule has 0 aromatic carbocycles. The third kappa shape index (κ3) is 6.12. The second-order valence-corrected chi connectivity index (χ2v) is 9.89. The fraction of sp³-hybridized carbons (Fsp3) is 0.889. The van der Waals surface area contributed by atoms with Crippen molar-refractivity contribution < 1.29 is 13.2 Å². The summed E-state index contributed by atoms with van der Waals surface area (Å²) >= 11 is 0. The predicted octanol–water partition coefficient (Wildman–Crippen LogP) is -0.461. The van der Waals surface area contributed by atoms with Crippen molar-refractivity contribution >= 4 is 16.1 Å². The first kappa shape index (κ1) is 23.0. The Bertz CT molecular complexity index is 659. The van der Waals surface area contributed by atoms with E-state index in [1.54, 1.807) is 13.8 Å². The largest absolute Gasteiger partial charge is 0.339 e. The van der Waals surface area contributed by atoms with Crippen molar-refractivity contribution in [3.63, 3.8) is 0 Å². The molecule has 2 aliphatic rings. The number of hydrogen-bond donors (Lipinski definition) is 1. The Hall–Kier alpha value is -1.25. The van der Waals surface area contributed by atoms with Crippen LogP contribution in [0.4, 0.5) is 0 Å². The summed E-state index contributed by atoms with van der Waals surface area (Å²) in [6.07, 6.45) is 0. The van der Waals surface area contributed by atoms with Gasteiger partial charge >= 0.3 is 0 Å². The molecule has 10 heteroatoms. The van der Waals surface area contributed by atoms with Crippen molar-refractivity contribution in [2.75, 3.05) is 58.9 Å². The molecular formula is C18H34N6O3S. The van der Waals surface area contributed by atoms with E-state index in [1.807, 2.05) is 23.6 Å². The van der Waals surface area contributed by atoms with E-state index in [4.69, 9.17) is 0 Å². The van der Waals surface area contributed by atoms with Gasteiger partial charge in [0.05, 0.1) is 12.6 Å². The molecule has 2 aliphatic heterocycles.